The highest BCUT2D eigenvalue weighted by Crippen LogP contribution is 2.35. The lowest BCUT2D eigenvalue weighted by molar-refractivity contribution is -0.303. The van der Waals surface area contributed by atoms with E-state index in [1.165, 1.54) is 13.0 Å². The van der Waals surface area contributed by atoms with Crippen LogP contribution in [0.4, 0.5) is 4.79 Å². The van der Waals surface area contributed by atoms with E-state index in [2.05, 4.69) is 10.6 Å². The Morgan fingerprint density at radius 3 is 1.82 bits per heavy atom. The minimum atomic E-state index is -2.37. The fourth-order valence-electron chi connectivity index (χ4n) is 8.53. The molecule has 0 aromatic heterocycles. The summed E-state index contributed by atoms with van der Waals surface area (Å²) in [4.78, 5) is 26.0. The van der Waals surface area contributed by atoms with Gasteiger partial charge in [0.25, 0.3) is 0 Å². The predicted octanol–water partition coefficient (Wildman–Crippen LogP) is -1.61. The maximum atomic E-state index is 13.3. The summed E-state index contributed by atoms with van der Waals surface area (Å²) in [7, 11) is 0. The van der Waals surface area contributed by atoms with Crippen LogP contribution in [0.15, 0.2) is 85.1 Å². The van der Waals surface area contributed by atoms with Gasteiger partial charge < -0.3 is 102 Å². The fraction of sp³-hybridized carbons (Fsp3) is 0.686. The number of carbonyl (C=O) groups is 2. The van der Waals surface area contributed by atoms with Crippen molar-refractivity contribution in [2.75, 3.05) is 19.8 Å². The van der Waals surface area contributed by atoms with Gasteiger partial charge in [-0.05, 0) is 33.1 Å². The molecule has 0 aromatic carbocycles. The quantitative estimate of drug-likeness (QED) is 0.128. The highest BCUT2D eigenvalue weighted by Gasteiger charge is 2.49. The third-order valence-corrected chi connectivity index (χ3v) is 13.3. The van der Waals surface area contributed by atoms with Gasteiger partial charge in [-0.25, -0.2) is 4.79 Å². The standard InChI is InChI=1S/C51H83N3O19/c1-30-17-15-13-11-9-7-5-6-8-10-12-14-16-18-37(72-48-47(67)43(52)46(66)33(4)71-48)24-41-44(53-49(68)54-50(27-55,28-56)29-57)40(63)26-51(69,73-41)25-36(60)22-39(62)38(61)20-19-34(58)21-35(59)23-42(64)70-32(3)31(2)45(30)65/h5-18,30-41,43-48,55-63,65-67,69H,19-29,52H2,1-4H3,(H2,53,54,68)/b6-5+,9-7+,10-8+,13-11+,14-12+,17-15+,18-16+/t30-,31-,32-,33+,34+,35+,36-,37-,38+,39+,40-,41-,43-,44+,45+,46+,47-,48-,51+/m0/s1. The lowest BCUT2D eigenvalue weighted by Crippen LogP contribution is -2.66. The largest absolute Gasteiger partial charge is 0.462 e. The maximum Gasteiger partial charge on any atom is 0.315 e. The lowest BCUT2D eigenvalue weighted by atomic mass is 9.87. The van der Waals surface area contributed by atoms with E-state index in [1.54, 1.807) is 86.8 Å². The number of fused-ring (bicyclic) bond motifs is 2. The van der Waals surface area contributed by atoms with Crippen molar-refractivity contribution in [1.82, 2.24) is 10.6 Å². The van der Waals surface area contributed by atoms with Crippen molar-refractivity contribution >= 4 is 12.0 Å². The molecule has 0 radical (unpaired) electrons. The summed E-state index contributed by atoms with van der Waals surface area (Å²) in [5.41, 5.74) is 4.20. The van der Waals surface area contributed by atoms with E-state index in [-0.39, 0.29) is 31.6 Å². The van der Waals surface area contributed by atoms with Crippen molar-refractivity contribution < 1.29 is 94.9 Å². The number of aliphatic hydroxyl groups excluding tert-OH is 12. The summed E-state index contributed by atoms with van der Waals surface area (Å²) in [6, 6.07) is -3.67. The molecule has 3 heterocycles. The summed E-state index contributed by atoms with van der Waals surface area (Å²) < 4.78 is 23.6. The molecule has 19 atom stereocenters. The van der Waals surface area contributed by atoms with E-state index in [9.17, 15) is 76.0 Å². The summed E-state index contributed by atoms with van der Waals surface area (Å²) in [6.07, 6.45) is 2.83. The zero-order chi connectivity index (χ0) is 54.5. The number of esters is 1. The van der Waals surface area contributed by atoms with Crippen molar-refractivity contribution in [1.29, 1.82) is 0 Å². The average Bonchev–Trinajstić information content (AvgIpc) is 3.33. The third-order valence-electron chi connectivity index (χ3n) is 13.3. The molecular weight excluding hydrogens is 959 g/mol. The molecule has 2 saturated heterocycles. The molecule has 73 heavy (non-hydrogen) atoms. The smallest absolute Gasteiger partial charge is 0.315 e. The molecule has 0 saturated carbocycles. The Hall–Kier alpha value is -3.76. The van der Waals surface area contributed by atoms with Crippen LogP contribution in [0.2, 0.25) is 0 Å². The van der Waals surface area contributed by atoms with Crippen molar-refractivity contribution in [3.8, 4) is 0 Å². The molecule has 3 aliphatic heterocycles. The Labute approximate surface area is 427 Å². The molecular formula is C51H83N3O19. The number of amides is 2. The number of aliphatic hydroxyl groups is 13. The molecule has 0 aliphatic carbocycles. The van der Waals surface area contributed by atoms with Crippen LogP contribution in [0, 0.1) is 11.8 Å². The van der Waals surface area contributed by atoms with Crippen LogP contribution in [-0.4, -0.2) is 207 Å². The van der Waals surface area contributed by atoms with Gasteiger partial charge in [-0.15, -0.1) is 0 Å². The molecule has 22 nitrogen and oxygen atoms in total. The predicted molar refractivity (Wildman–Crippen MR) is 265 cm³/mol. The van der Waals surface area contributed by atoms with Crippen molar-refractivity contribution in [3.05, 3.63) is 85.1 Å². The number of nitrogens with two attached hydrogens (primary N) is 1. The van der Waals surface area contributed by atoms with Crippen molar-refractivity contribution in [2.24, 2.45) is 17.6 Å². The summed E-state index contributed by atoms with van der Waals surface area (Å²) in [5, 5.41) is 144. The summed E-state index contributed by atoms with van der Waals surface area (Å²) in [5.74, 6) is -3.89. The Kier molecular flexibility index (Phi) is 27.3. The first-order chi connectivity index (χ1) is 34.5. The first-order valence-electron chi connectivity index (χ1n) is 24.9. The number of urea groups is 1. The first-order valence-corrected chi connectivity index (χ1v) is 24.9. The highest BCUT2D eigenvalue weighted by molar-refractivity contribution is 5.75. The van der Waals surface area contributed by atoms with Crippen LogP contribution in [0.1, 0.15) is 79.1 Å². The molecule has 416 valence electrons. The van der Waals surface area contributed by atoms with Gasteiger partial charge in [0, 0.05) is 37.5 Å². The van der Waals surface area contributed by atoms with Gasteiger partial charge in [0.15, 0.2) is 12.1 Å². The topological polar surface area (TPSA) is 384 Å². The average molecular weight is 1040 g/mol. The van der Waals surface area contributed by atoms with Gasteiger partial charge in [0.05, 0.1) is 105 Å². The zero-order valence-electron chi connectivity index (χ0n) is 42.1. The van der Waals surface area contributed by atoms with Gasteiger partial charge in [0.2, 0.25) is 0 Å². The normalized spacial score (nSPS) is 42.0. The molecule has 0 unspecified atom stereocenters. The van der Waals surface area contributed by atoms with Gasteiger partial charge >= 0.3 is 12.0 Å². The van der Waals surface area contributed by atoms with E-state index >= 15 is 0 Å². The number of rotatable bonds is 7. The number of ether oxygens (including phenoxy) is 4. The number of hydrogen-bond acceptors (Lipinski definition) is 20. The molecule has 3 rings (SSSR count). The zero-order valence-corrected chi connectivity index (χ0v) is 42.1. The third kappa shape index (κ3) is 21.1. The SMILES string of the molecule is C[C@@H]1[C@H](O)[C@@H](C)/C=C/C=C/C=C/C=C/C=C/C=C/C=C/[C@H](O[C@@H]2O[C@H](C)[C@@H](O)[C@H](N)[C@@H]2O)C[C@@H]2O[C@](O)(C[C@@H](O)C[C@@H](O)[C@H](O)CC[C@@H](O)C[C@@H](O)CC(=O)O[C@H]1C)C[C@H](O)[C@H]2NC(=O)NC(CO)(CO)CO. The van der Waals surface area contributed by atoms with Gasteiger partial charge in [-0.2, -0.15) is 0 Å². The molecule has 0 aromatic rings. The highest BCUT2D eigenvalue weighted by atomic mass is 16.7. The molecule has 2 bridgehead atoms. The Morgan fingerprint density at radius 1 is 0.685 bits per heavy atom. The van der Waals surface area contributed by atoms with Gasteiger partial charge in [-0.1, -0.05) is 98.9 Å². The van der Waals surface area contributed by atoms with Crippen molar-refractivity contribution in [2.45, 2.75) is 188 Å². The van der Waals surface area contributed by atoms with E-state index in [1.807, 2.05) is 13.0 Å². The number of allylic oxidation sites excluding steroid dienone is 12. The number of hydrogen-bond donors (Lipinski definition) is 16. The summed E-state index contributed by atoms with van der Waals surface area (Å²) >= 11 is 0. The molecule has 22 heteroatoms. The van der Waals surface area contributed by atoms with Gasteiger partial charge in [0.1, 0.15) is 17.7 Å². The second kappa shape index (κ2) is 31.3. The number of nitrogens with one attached hydrogen (secondary N) is 2. The Morgan fingerprint density at radius 2 is 1.25 bits per heavy atom. The van der Waals surface area contributed by atoms with Crippen LogP contribution >= 0.6 is 0 Å². The lowest BCUT2D eigenvalue weighted by Gasteiger charge is -2.47. The molecule has 2 fully saturated rings. The Bertz CT molecular complexity index is 1850. The maximum absolute atomic E-state index is 13.3. The van der Waals surface area contributed by atoms with Crippen molar-refractivity contribution in [3.63, 3.8) is 0 Å². The van der Waals surface area contributed by atoms with Crippen LogP contribution in [0.5, 0.6) is 0 Å². The molecule has 0 spiro atoms. The monoisotopic (exact) mass is 1040 g/mol. The van der Waals surface area contributed by atoms with Gasteiger partial charge in [-0.3, -0.25) is 4.79 Å². The van der Waals surface area contributed by atoms with E-state index in [0.29, 0.717) is 0 Å². The van der Waals surface area contributed by atoms with E-state index < -0.39 is 172 Å². The second-order valence-electron chi connectivity index (χ2n) is 19.6. The van der Waals surface area contributed by atoms with E-state index in [4.69, 9.17) is 24.7 Å². The minimum Gasteiger partial charge on any atom is -0.462 e. The van der Waals surface area contributed by atoms with Crippen LogP contribution in [0.25, 0.3) is 0 Å². The van der Waals surface area contributed by atoms with E-state index in [0.717, 1.165) is 0 Å². The minimum absolute atomic E-state index is 0.133. The first kappa shape index (κ1) is 63.5. The Balaban J connectivity index is 1.97. The van der Waals surface area contributed by atoms with Crippen LogP contribution in [-0.2, 0) is 23.7 Å². The van der Waals surface area contributed by atoms with Crippen LogP contribution < -0.4 is 16.4 Å². The summed E-state index contributed by atoms with van der Waals surface area (Å²) in [6.45, 7) is 4.08. The molecule has 17 N–H and O–H groups in total. The number of cyclic esters (lactones) is 1. The number of carbonyl (C=O) groups excluding carboxylic acids is 2. The second-order valence-corrected chi connectivity index (χ2v) is 19.6. The molecule has 2 amide bonds. The molecule has 3 aliphatic rings. The fourth-order valence-corrected chi connectivity index (χ4v) is 8.53. The van der Waals surface area contributed by atoms with Crippen LogP contribution in [0.3, 0.4) is 0 Å².